The Kier molecular flexibility index (Phi) is 7.06. The van der Waals surface area contributed by atoms with E-state index in [0.717, 1.165) is 74.9 Å². The fourth-order valence-electron chi connectivity index (χ4n) is 5.30. The molecule has 10 heteroatoms. The smallest absolute Gasteiger partial charge is 0.258 e. The first-order chi connectivity index (χ1) is 18.2. The van der Waals surface area contributed by atoms with Gasteiger partial charge in [-0.3, -0.25) is 18.9 Å². The number of nitrogens with one attached hydrogen (secondary N) is 2. The second-order valence-corrected chi connectivity index (χ2v) is 10.7. The average molecular weight is 521 g/mol. The first kappa shape index (κ1) is 24.3. The van der Waals surface area contributed by atoms with E-state index in [1.54, 1.807) is 6.20 Å². The van der Waals surface area contributed by atoms with E-state index in [1.165, 1.54) is 24.2 Å². The van der Waals surface area contributed by atoms with Crippen molar-refractivity contribution in [1.29, 1.82) is 0 Å². The van der Waals surface area contributed by atoms with Crippen molar-refractivity contribution < 1.29 is 9.53 Å². The molecule has 0 unspecified atom stereocenters. The number of hydrogen-bond donors (Lipinski definition) is 2. The van der Waals surface area contributed by atoms with E-state index in [2.05, 4.69) is 20.4 Å². The van der Waals surface area contributed by atoms with Crippen LogP contribution in [0.2, 0.25) is 0 Å². The summed E-state index contributed by atoms with van der Waals surface area (Å²) in [6.45, 7) is 8.48. The second kappa shape index (κ2) is 10.7. The Labute approximate surface area is 219 Å². The number of benzene rings is 1. The number of morpholine rings is 1. The maximum atomic E-state index is 13.8. The van der Waals surface area contributed by atoms with E-state index < -0.39 is 0 Å². The minimum Gasteiger partial charge on any atom is -0.382 e. The van der Waals surface area contributed by atoms with Crippen molar-refractivity contribution in [3.8, 4) is 0 Å². The lowest BCUT2D eigenvalue weighted by Crippen LogP contribution is -2.39. The third-order valence-electron chi connectivity index (χ3n) is 7.28. The number of para-hydroxylation sites is 1. The van der Waals surface area contributed by atoms with E-state index >= 15 is 0 Å². The molecule has 0 radical (unpaired) electrons. The van der Waals surface area contributed by atoms with E-state index in [4.69, 9.17) is 9.72 Å². The lowest BCUT2D eigenvalue weighted by molar-refractivity contribution is 0.0398. The molecule has 3 aromatic heterocycles. The van der Waals surface area contributed by atoms with Crippen LogP contribution in [0.5, 0.6) is 0 Å². The quantitative estimate of drug-likeness (QED) is 0.369. The first-order valence-electron chi connectivity index (χ1n) is 13.1. The number of likely N-dealkylation sites (tertiary alicyclic amines) is 1. The number of nitrogens with zero attached hydrogens (tertiary/aromatic N) is 4. The lowest BCUT2D eigenvalue weighted by atomic mass is 10.1. The number of fused-ring (bicyclic) bond motifs is 5. The van der Waals surface area contributed by atoms with Crippen molar-refractivity contribution in [2.45, 2.75) is 12.8 Å². The highest BCUT2D eigenvalue weighted by Gasteiger charge is 2.23. The number of pyridine rings is 2. The van der Waals surface area contributed by atoms with Crippen molar-refractivity contribution in [2.24, 2.45) is 0 Å². The molecule has 2 aliphatic rings. The van der Waals surface area contributed by atoms with Crippen LogP contribution in [0.25, 0.3) is 26.1 Å². The minimum atomic E-state index is -0.319. The number of amides is 1. The fraction of sp³-hybridized carbons (Fsp3) is 0.444. The van der Waals surface area contributed by atoms with Gasteiger partial charge in [0.2, 0.25) is 5.43 Å². The van der Waals surface area contributed by atoms with Crippen LogP contribution >= 0.6 is 11.3 Å². The number of aromatic nitrogens is 2. The van der Waals surface area contributed by atoms with Crippen LogP contribution in [0.3, 0.4) is 0 Å². The molecule has 2 aliphatic heterocycles. The molecule has 194 valence electrons. The zero-order chi connectivity index (χ0) is 25.2. The van der Waals surface area contributed by atoms with Crippen LogP contribution in [-0.2, 0) is 4.74 Å². The van der Waals surface area contributed by atoms with Crippen LogP contribution in [0.4, 0.5) is 5.69 Å². The second-order valence-electron chi connectivity index (χ2n) is 9.70. The largest absolute Gasteiger partial charge is 0.382 e. The van der Waals surface area contributed by atoms with Gasteiger partial charge in [-0.1, -0.05) is 12.1 Å². The maximum Gasteiger partial charge on any atom is 0.258 e. The number of carbonyl (C=O) groups is 1. The van der Waals surface area contributed by atoms with Crippen molar-refractivity contribution in [1.82, 2.24) is 24.5 Å². The van der Waals surface area contributed by atoms with Crippen LogP contribution in [-0.4, -0.2) is 90.7 Å². The number of thiazole rings is 1. The zero-order valence-electron chi connectivity index (χ0n) is 20.9. The fourth-order valence-corrected chi connectivity index (χ4v) is 6.48. The van der Waals surface area contributed by atoms with Crippen molar-refractivity contribution in [3.05, 3.63) is 52.3 Å². The molecule has 1 aromatic carbocycles. The summed E-state index contributed by atoms with van der Waals surface area (Å²) in [5.74, 6) is -0.319. The predicted molar refractivity (Wildman–Crippen MR) is 148 cm³/mol. The number of hydrogen-bond acceptors (Lipinski definition) is 8. The molecule has 6 rings (SSSR count). The molecular weight excluding hydrogens is 488 g/mol. The molecule has 0 spiro atoms. The molecule has 4 aromatic rings. The van der Waals surface area contributed by atoms with E-state index in [0.29, 0.717) is 22.4 Å². The van der Waals surface area contributed by atoms with Crippen molar-refractivity contribution in [2.75, 3.05) is 70.9 Å². The molecule has 2 fully saturated rings. The highest BCUT2D eigenvalue weighted by Crippen LogP contribution is 2.31. The average Bonchev–Trinajstić information content (AvgIpc) is 3.57. The van der Waals surface area contributed by atoms with Crippen LogP contribution in [0.1, 0.15) is 23.2 Å². The summed E-state index contributed by atoms with van der Waals surface area (Å²) in [6.07, 6.45) is 4.19. The van der Waals surface area contributed by atoms with Crippen molar-refractivity contribution in [3.63, 3.8) is 0 Å². The molecule has 0 bridgehead atoms. The minimum absolute atomic E-state index is 0.197. The summed E-state index contributed by atoms with van der Waals surface area (Å²) in [7, 11) is 0. The molecule has 5 heterocycles. The van der Waals surface area contributed by atoms with Gasteiger partial charge in [0, 0.05) is 39.3 Å². The summed E-state index contributed by atoms with van der Waals surface area (Å²) >= 11 is 1.46. The van der Waals surface area contributed by atoms with Crippen molar-refractivity contribution >= 4 is 49.0 Å². The number of rotatable bonds is 8. The molecule has 9 nitrogen and oxygen atoms in total. The molecule has 0 saturated carbocycles. The van der Waals surface area contributed by atoms with Gasteiger partial charge < -0.3 is 20.3 Å². The summed E-state index contributed by atoms with van der Waals surface area (Å²) in [5, 5.41) is 6.87. The van der Waals surface area contributed by atoms with E-state index in [9.17, 15) is 9.59 Å². The van der Waals surface area contributed by atoms with Gasteiger partial charge in [-0.15, -0.1) is 11.3 Å². The Morgan fingerprint density at radius 1 is 1.03 bits per heavy atom. The SMILES string of the molecule is O=C(NCCN1CCCC1)c1c(=O)c2cc(NCCN3CCOCC3)cnc2n2c1sc1ccccc12. The third kappa shape index (κ3) is 4.94. The topological polar surface area (TPSA) is 91.2 Å². The van der Waals surface area contributed by atoms with Crippen LogP contribution < -0.4 is 16.1 Å². The van der Waals surface area contributed by atoms with Gasteiger partial charge in [0.25, 0.3) is 5.91 Å². The number of ether oxygens (including phenoxy) is 1. The van der Waals surface area contributed by atoms with Crippen LogP contribution in [0, 0.1) is 0 Å². The van der Waals surface area contributed by atoms with Gasteiger partial charge >= 0.3 is 0 Å². The Bertz CT molecular complexity index is 1490. The van der Waals surface area contributed by atoms with Gasteiger partial charge in [-0.25, -0.2) is 4.98 Å². The van der Waals surface area contributed by atoms with E-state index in [-0.39, 0.29) is 16.9 Å². The molecule has 2 N–H and O–H groups in total. The molecule has 2 saturated heterocycles. The Morgan fingerprint density at radius 3 is 2.62 bits per heavy atom. The van der Waals surface area contributed by atoms with Gasteiger partial charge in [-0.05, 0) is 44.1 Å². The van der Waals surface area contributed by atoms with E-state index in [1.807, 2.05) is 34.7 Å². The van der Waals surface area contributed by atoms with Gasteiger partial charge in [0.1, 0.15) is 16.0 Å². The Morgan fingerprint density at radius 2 is 1.78 bits per heavy atom. The molecule has 1 amide bonds. The van der Waals surface area contributed by atoms with Gasteiger partial charge in [0.05, 0.1) is 40.7 Å². The molecular formula is C27H32N6O3S. The Balaban J connectivity index is 1.34. The first-order valence-corrected chi connectivity index (χ1v) is 13.9. The maximum absolute atomic E-state index is 13.8. The summed E-state index contributed by atoms with van der Waals surface area (Å²) in [5.41, 5.74) is 2.22. The predicted octanol–water partition coefficient (Wildman–Crippen LogP) is 2.63. The summed E-state index contributed by atoms with van der Waals surface area (Å²) < 4.78 is 8.39. The zero-order valence-corrected chi connectivity index (χ0v) is 21.7. The monoisotopic (exact) mass is 520 g/mol. The lowest BCUT2D eigenvalue weighted by Gasteiger charge is -2.26. The number of carbonyl (C=O) groups excluding carboxylic acids is 1. The molecule has 0 aliphatic carbocycles. The van der Waals surface area contributed by atoms with Gasteiger partial charge in [-0.2, -0.15) is 0 Å². The third-order valence-corrected chi connectivity index (χ3v) is 8.43. The Hall–Kier alpha value is -3.05. The molecule has 37 heavy (non-hydrogen) atoms. The summed E-state index contributed by atoms with van der Waals surface area (Å²) in [4.78, 5) is 37.2. The standard InChI is InChI=1S/C27H32N6O3S/c34-24-20-17-19(28-7-11-32-13-15-36-16-14-32)18-30-25(20)33-21-5-1-2-6-22(21)37-27(33)23(24)26(35)29-8-12-31-9-3-4-10-31/h1-2,5-6,17-18,28H,3-4,7-16H2,(H,29,35). The molecule has 0 atom stereocenters. The summed E-state index contributed by atoms with van der Waals surface area (Å²) in [6, 6.07) is 9.80. The number of anilines is 1. The van der Waals surface area contributed by atoms with Gasteiger partial charge in [0.15, 0.2) is 0 Å². The van der Waals surface area contributed by atoms with Crippen LogP contribution in [0.15, 0.2) is 41.3 Å². The highest BCUT2D eigenvalue weighted by atomic mass is 32.1. The normalized spacial score (nSPS) is 17.2. The highest BCUT2D eigenvalue weighted by molar-refractivity contribution is 7.24.